The second kappa shape index (κ2) is 5.57. The molecule has 0 atom stereocenters. The number of hydrogen-bond donors (Lipinski definition) is 2. The number of amides is 1. The van der Waals surface area contributed by atoms with Crippen LogP contribution in [-0.4, -0.2) is 48.1 Å². The summed E-state index contributed by atoms with van der Waals surface area (Å²) < 4.78 is 0. The molecular weight excluding hydrogens is 226 g/mol. The third kappa shape index (κ3) is 2.69. The molecule has 0 bridgehead atoms. The van der Waals surface area contributed by atoms with Crippen molar-refractivity contribution in [3.05, 3.63) is 0 Å². The van der Waals surface area contributed by atoms with E-state index in [4.69, 9.17) is 0 Å². The van der Waals surface area contributed by atoms with Crippen molar-refractivity contribution in [1.82, 2.24) is 15.5 Å². The van der Waals surface area contributed by atoms with Crippen molar-refractivity contribution < 1.29 is 4.79 Å². The summed E-state index contributed by atoms with van der Waals surface area (Å²) in [5, 5.41) is 6.52. The first-order valence-corrected chi connectivity index (χ1v) is 7.34. The Balaban J connectivity index is 1.94. The van der Waals surface area contributed by atoms with Crippen LogP contribution in [0.1, 0.15) is 46.5 Å². The van der Waals surface area contributed by atoms with E-state index >= 15 is 0 Å². The van der Waals surface area contributed by atoms with Crippen molar-refractivity contribution in [2.24, 2.45) is 0 Å². The molecule has 0 radical (unpaired) electrons. The summed E-state index contributed by atoms with van der Waals surface area (Å²) in [6, 6.07) is 1.27. The quantitative estimate of drug-likeness (QED) is 0.792. The number of hydrogen-bond acceptors (Lipinski definition) is 3. The van der Waals surface area contributed by atoms with Crippen LogP contribution in [0.25, 0.3) is 0 Å². The lowest BCUT2D eigenvalue weighted by Gasteiger charge is -2.47. The highest BCUT2D eigenvalue weighted by Gasteiger charge is 2.41. The van der Waals surface area contributed by atoms with E-state index in [0.717, 1.165) is 19.6 Å². The van der Waals surface area contributed by atoms with Gasteiger partial charge in [-0.2, -0.15) is 0 Å². The van der Waals surface area contributed by atoms with E-state index < -0.39 is 0 Å². The Morgan fingerprint density at radius 3 is 2.61 bits per heavy atom. The monoisotopic (exact) mass is 253 g/mol. The lowest BCUT2D eigenvalue weighted by Crippen LogP contribution is -2.65. The van der Waals surface area contributed by atoms with Crippen molar-refractivity contribution in [2.45, 2.75) is 64.1 Å². The number of nitrogens with zero attached hydrogens (tertiary/aromatic N) is 1. The van der Waals surface area contributed by atoms with Gasteiger partial charge in [0.2, 0.25) is 5.91 Å². The first kappa shape index (κ1) is 13.8. The molecule has 1 heterocycles. The molecule has 1 aliphatic carbocycles. The minimum absolute atomic E-state index is 0.183. The molecule has 2 N–H and O–H groups in total. The molecule has 2 fully saturated rings. The summed E-state index contributed by atoms with van der Waals surface area (Å²) in [6.45, 7) is 9.14. The summed E-state index contributed by atoms with van der Waals surface area (Å²) in [4.78, 5) is 14.4. The van der Waals surface area contributed by atoms with Gasteiger partial charge in [0.25, 0.3) is 0 Å². The number of carbonyl (C=O) groups excluding carboxylic acids is 1. The van der Waals surface area contributed by atoms with E-state index in [9.17, 15) is 4.79 Å². The van der Waals surface area contributed by atoms with Crippen molar-refractivity contribution in [3.63, 3.8) is 0 Å². The van der Waals surface area contributed by atoms with Crippen LogP contribution >= 0.6 is 0 Å². The first-order chi connectivity index (χ1) is 8.55. The van der Waals surface area contributed by atoms with Crippen LogP contribution in [0, 0.1) is 0 Å². The zero-order valence-electron chi connectivity index (χ0n) is 12.0. The van der Waals surface area contributed by atoms with E-state index in [2.05, 4.69) is 36.3 Å². The fourth-order valence-corrected chi connectivity index (χ4v) is 3.44. The van der Waals surface area contributed by atoms with Gasteiger partial charge in [-0.1, -0.05) is 6.92 Å². The van der Waals surface area contributed by atoms with Crippen molar-refractivity contribution in [2.75, 3.05) is 19.6 Å². The molecule has 0 aromatic carbocycles. The highest BCUT2D eigenvalue weighted by Crippen LogP contribution is 2.29. The highest BCUT2D eigenvalue weighted by atomic mass is 16.2. The van der Waals surface area contributed by atoms with Crippen LogP contribution in [0.3, 0.4) is 0 Å². The van der Waals surface area contributed by atoms with Crippen molar-refractivity contribution in [1.29, 1.82) is 0 Å². The maximum Gasteiger partial charge on any atom is 0.240 e. The predicted molar refractivity (Wildman–Crippen MR) is 73.5 cm³/mol. The first-order valence-electron chi connectivity index (χ1n) is 7.34. The Bertz CT molecular complexity index is 295. The third-order valence-electron chi connectivity index (χ3n) is 4.54. The Morgan fingerprint density at radius 2 is 2.00 bits per heavy atom. The molecule has 1 amide bonds. The fraction of sp³-hybridized carbons (Fsp3) is 0.929. The molecule has 2 rings (SSSR count). The van der Waals surface area contributed by atoms with Gasteiger partial charge < -0.3 is 10.6 Å². The van der Waals surface area contributed by atoms with Gasteiger partial charge in [-0.25, -0.2) is 0 Å². The molecule has 0 spiro atoms. The van der Waals surface area contributed by atoms with Gasteiger partial charge in [-0.15, -0.1) is 0 Å². The molecule has 18 heavy (non-hydrogen) atoms. The van der Waals surface area contributed by atoms with Gasteiger partial charge in [0, 0.05) is 25.2 Å². The molecule has 104 valence electrons. The van der Waals surface area contributed by atoms with Crippen LogP contribution in [0.2, 0.25) is 0 Å². The van der Waals surface area contributed by atoms with Gasteiger partial charge in [0.1, 0.15) is 0 Å². The van der Waals surface area contributed by atoms with Crippen LogP contribution in [-0.2, 0) is 4.79 Å². The van der Waals surface area contributed by atoms with E-state index in [1.165, 1.54) is 25.7 Å². The number of piperazine rings is 1. The largest absolute Gasteiger partial charge is 0.353 e. The molecule has 0 unspecified atom stereocenters. The smallest absolute Gasteiger partial charge is 0.240 e. The molecule has 4 heteroatoms. The highest BCUT2D eigenvalue weighted by molar-refractivity contribution is 5.86. The lowest BCUT2D eigenvalue weighted by atomic mass is 9.86. The van der Waals surface area contributed by atoms with Crippen LogP contribution in [0.5, 0.6) is 0 Å². The molecule has 2 aliphatic rings. The maximum atomic E-state index is 12.0. The van der Waals surface area contributed by atoms with Gasteiger partial charge in [-0.05, 0) is 46.1 Å². The lowest BCUT2D eigenvalue weighted by molar-refractivity contribution is -0.137. The van der Waals surface area contributed by atoms with Gasteiger partial charge >= 0.3 is 0 Å². The fourth-order valence-electron chi connectivity index (χ4n) is 3.44. The van der Waals surface area contributed by atoms with E-state index in [1.54, 1.807) is 0 Å². The summed E-state index contributed by atoms with van der Waals surface area (Å²) in [5.74, 6) is 0.183. The minimum Gasteiger partial charge on any atom is -0.353 e. The Hall–Kier alpha value is -0.610. The SMILES string of the molecule is CCNC1CCC(N2CCNC(=O)C2(C)C)CC1. The average molecular weight is 253 g/mol. The molecule has 1 aliphatic heterocycles. The summed E-state index contributed by atoms with van der Waals surface area (Å²) in [6.07, 6.45) is 4.92. The second-order valence-electron chi connectivity index (χ2n) is 6.07. The summed E-state index contributed by atoms with van der Waals surface area (Å²) in [5.41, 5.74) is -0.339. The van der Waals surface area contributed by atoms with E-state index in [-0.39, 0.29) is 11.4 Å². The van der Waals surface area contributed by atoms with E-state index in [0.29, 0.717) is 12.1 Å². The van der Waals surface area contributed by atoms with Gasteiger partial charge in [0.05, 0.1) is 5.54 Å². The Labute approximate surface area is 110 Å². The second-order valence-corrected chi connectivity index (χ2v) is 6.07. The van der Waals surface area contributed by atoms with E-state index in [1.807, 2.05) is 0 Å². The number of carbonyl (C=O) groups is 1. The Kier molecular flexibility index (Phi) is 4.28. The zero-order valence-corrected chi connectivity index (χ0v) is 12.0. The summed E-state index contributed by atoms with van der Waals surface area (Å²) >= 11 is 0. The maximum absolute atomic E-state index is 12.0. The standard InChI is InChI=1S/C14H27N3O/c1-4-15-11-5-7-12(8-6-11)17-10-9-16-13(18)14(17,2)3/h11-12,15H,4-10H2,1-3H3,(H,16,18). The van der Waals surface area contributed by atoms with Gasteiger partial charge in [-0.3, -0.25) is 9.69 Å². The molecule has 1 saturated carbocycles. The topological polar surface area (TPSA) is 44.4 Å². The predicted octanol–water partition coefficient (Wildman–Crippen LogP) is 1.12. The zero-order chi connectivity index (χ0) is 13.2. The van der Waals surface area contributed by atoms with Crippen LogP contribution in [0.15, 0.2) is 0 Å². The van der Waals surface area contributed by atoms with Crippen molar-refractivity contribution in [3.8, 4) is 0 Å². The third-order valence-corrected chi connectivity index (χ3v) is 4.54. The summed E-state index contributed by atoms with van der Waals surface area (Å²) in [7, 11) is 0. The van der Waals surface area contributed by atoms with Crippen LogP contribution in [0.4, 0.5) is 0 Å². The minimum atomic E-state index is -0.339. The van der Waals surface area contributed by atoms with Crippen molar-refractivity contribution >= 4 is 5.91 Å². The number of nitrogens with one attached hydrogen (secondary N) is 2. The number of rotatable bonds is 3. The molecular formula is C14H27N3O. The average Bonchev–Trinajstić information content (AvgIpc) is 2.34. The normalized spacial score (nSPS) is 33.2. The molecule has 1 saturated heterocycles. The van der Waals surface area contributed by atoms with Crippen LogP contribution < -0.4 is 10.6 Å². The molecule has 0 aromatic rings. The molecule has 0 aromatic heterocycles. The van der Waals surface area contributed by atoms with Gasteiger partial charge in [0.15, 0.2) is 0 Å². The molecule has 4 nitrogen and oxygen atoms in total. The Morgan fingerprint density at radius 1 is 1.33 bits per heavy atom.